The van der Waals surface area contributed by atoms with E-state index in [2.05, 4.69) is 18.2 Å². The third-order valence-electron chi connectivity index (χ3n) is 4.34. The first-order valence-electron chi connectivity index (χ1n) is 8.32. The Bertz CT molecular complexity index is 439. The number of nitrogens with one attached hydrogen (secondary N) is 1. The van der Waals surface area contributed by atoms with Gasteiger partial charge in [0.25, 0.3) is 0 Å². The van der Waals surface area contributed by atoms with Crippen molar-refractivity contribution in [3.63, 3.8) is 0 Å². The third kappa shape index (κ3) is 7.18. The highest BCUT2D eigenvalue weighted by molar-refractivity contribution is 7.93. The fourth-order valence-electron chi connectivity index (χ4n) is 2.69. The van der Waals surface area contributed by atoms with Gasteiger partial charge in [0.15, 0.2) is 0 Å². The van der Waals surface area contributed by atoms with E-state index in [1.54, 1.807) is 0 Å². The van der Waals surface area contributed by atoms with Gasteiger partial charge in [-0.2, -0.15) is 0 Å². The number of allylic oxidation sites excluding steroid dienone is 1. The maximum atomic E-state index is 13.1. The van der Waals surface area contributed by atoms with E-state index in [1.165, 1.54) is 6.42 Å². The van der Waals surface area contributed by atoms with E-state index in [0.29, 0.717) is 19.3 Å². The van der Waals surface area contributed by atoms with Gasteiger partial charge in [-0.15, -0.1) is 0 Å². The van der Waals surface area contributed by atoms with Gasteiger partial charge in [0.1, 0.15) is 0 Å². The minimum atomic E-state index is -3.51. The lowest BCUT2D eigenvalue weighted by Crippen LogP contribution is -2.34. The summed E-state index contributed by atoms with van der Waals surface area (Å²) >= 11 is 0. The van der Waals surface area contributed by atoms with Gasteiger partial charge in [-0.3, -0.25) is 0 Å². The fourth-order valence-corrected chi connectivity index (χ4v) is 3.77. The van der Waals surface area contributed by atoms with Crippen molar-refractivity contribution in [1.82, 2.24) is 4.72 Å². The van der Waals surface area contributed by atoms with Gasteiger partial charge in [0.2, 0.25) is 15.9 Å². The molecular formula is C16H29F2NO2S. The molecule has 0 aromatic heterocycles. The minimum Gasteiger partial charge on any atom is -0.211 e. The number of hydrogen-bond donors (Lipinski definition) is 1. The van der Waals surface area contributed by atoms with Crippen molar-refractivity contribution in [3.8, 4) is 0 Å². The summed E-state index contributed by atoms with van der Waals surface area (Å²) < 4.78 is 52.8. The van der Waals surface area contributed by atoms with E-state index >= 15 is 0 Å². The zero-order valence-corrected chi connectivity index (χ0v) is 14.4. The molecule has 0 aliphatic heterocycles. The molecule has 130 valence electrons. The number of rotatable bonds is 10. The van der Waals surface area contributed by atoms with E-state index in [9.17, 15) is 17.2 Å². The normalized spacial score (nSPS) is 19.2. The van der Waals surface area contributed by atoms with Crippen LogP contribution < -0.4 is 4.72 Å². The molecule has 0 aromatic carbocycles. The average Bonchev–Trinajstić information content (AvgIpc) is 2.45. The molecule has 0 atom stereocenters. The number of alkyl halides is 2. The molecule has 0 bridgehead atoms. The Balaban J connectivity index is 2.27. The first-order valence-corrected chi connectivity index (χ1v) is 9.80. The Hall–Kier alpha value is -0.490. The highest BCUT2D eigenvalue weighted by Crippen LogP contribution is 2.35. The van der Waals surface area contributed by atoms with Crippen molar-refractivity contribution in [2.45, 2.75) is 77.1 Å². The maximum absolute atomic E-state index is 13.1. The molecule has 1 aliphatic carbocycles. The number of sulfonamides is 1. The van der Waals surface area contributed by atoms with Crippen LogP contribution >= 0.6 is 0 Å². The molecule has 0 saturated heterocycles. The summed E-state index contributed by atoms with van der Waals surface area (Å²) in [5.41, 5.74) is 0. The highest BCUT2D eigenvalue weighted by atomic mass is 32.2. The van der Waals surface area contributed by atoms with Crippen LogP contribution in [0.2, 0.25) is 0 Å². The smallest absolute Gasteiger partial charge is 0.211 e. The quantitative estimate of drug-likeness (QED) is 0.592. The SMILES string of the molecule is C=C(CCCCCCC)S(=O)(=O)NCC1CCC(F)(F)CC1. The second kappa shape index (κ2) is 8.96. The van der Waals surface area contributed by atoms with Crippen LogP contribution in [0.25, 0.3) is 0 Å². The summed E-state index contributed by atoms with van der Waals surface area (Å²) in [5, 5.41) is 0. The second-order valence-electron chi connectivity index (χ2n) is 6.35. The molecule has 0 amide bonds. The zero-order valence-electron chi connectivity index (χ0n) is 13.5. The van der Waals surface area contributed by atoms with Crippen molar-refractivity contribution in [3.05, 3.63) is 11.5 Å². The Kier molecular flexibility index (Phi) is 7.97. The molecule has 1 aliphatic rings. The van der Waals surface area contributed by atoms with Crippen LogP contribution in [-0.2, 0) is 10.0 Å². The largest absolute Gasteiger partial charge is 0.248 e. The first-order chi connectivity index (χ1) is 10.3. The lowest BCUT2D eigenvalue weighted by Gasteiger charge is -2.28. The van der Waals surface area contributed by atoms with Gasteiger partial charge in [-0.25, -0.2) is 21.9 Å². The van der Waals surface area contributed by atoms with E-state index in [0.717, 1.165) is 25.7 Å². The molecule has 6 heteroatoms. The van der Waals surface area contributed by atoms with Crippen LogP contribution in [0.5, 0.6) is 0 Å². The molecular weight excluding hydrogens is 308 g/mol. The third-order valence-corrected chi connectivity index (χ3v) is 5.85. The van der Waals surface area contributed by atoms with Crippen molar-refractivity contribution in [1.29, 1.82) is 0 Å². The number of unbranched alkanes of at least 4 members (excludes halogenated alkanes) is 4. The van der Waals surface area contributed by atoms with Gasteiger partial charge in [-0.05, 0) is 31.6 Å². The minimum absolute atomic E-state index is 0.00625. The van der Waals surface area contributed by atoms with Crippen LogP contribution in [0.15, 0.2) is 11.5 Å². The van der Waals surface area contributed by atoms with Crippen molar-refractivity contribution >= 4 is 10.0 Å². The predicted molar refractivity (Wildman–Crippen MR) is 86.3 cm³/mol. The second-order valence-corrected chi connectivity index (χ2v) is 8.23. The summed E-state index contributed by atoms with van der Waals surface area (Å²) in [6, 6.07) is 0. The molecule has 0 aromatic rings. The predicted octanol–water partition coefficient (Wildman–Crippen LogP) is 4.61. The number of halogens is 2. The Morgan fingerprint density at radius 2 is 1.77 bits per heavy atom. The molecule has 0 heterocycles. The first kappa shape index (κ1) is 19.6. The Morgan fingerprint density at radius 1 is 1.18 bits per heavy atom. The molecule has 0 spiro atoms. The molecule has 0 unspecified atom stereocenters. The van der Waals surface area contributed by atoms with Crippen molar-refractivity contribution < 1.29 is 17.2 Å². The molecule has 1 saturated carbocycles. The van der Waals surface area contributed by atoms with Gasteiger partial charge >= 0.3 is 0 Å². The van der Waals surface area contributed by atoms with E-state index in [1.807, 2.05) is 0 Å². The van der Waals surface area contributed by atoms with Crippen LogP contribution in [0.1, 0.15) is 71.1 Å². The molecule has 3 nitrogen and oxygen atoms in total. The van der Waals surface area contributed by atoms with Crippen molar-refractivity contribution in [2.75, 3.05) is 6.54 Å². The van der Waals surface area contributed by atoms with Gasteiger partial charge in [0.05, 0.1) is 4.91 Å². The van der Waals surface area contributed by atoms with Crippen LogP contribution in [0.3, 0.4) is 0 Å². The average molecular weight is 337 g/mol. The Labute approximate surface area is 133 Å². The Morgan fingerprint density at radius 3 is 2.36 bits per heavy atom. The summed E-state index contributed by atoms with van der Waals surface area (Å²) in [5.74, 6) is -2.57. The standard InChI is InChI=1S/C16H29F2NO2S/c1-3-4-5-6-7-8-14(2)22(20,21)19-13-15-9-11-16(17,18)12-10-15/h15,19H,2-13H2,1H3. The summed E-state index contributed by atoms with van der Waals surface area (Å²) in [4.78, 5) is 0.213. The summed E-state index contributed by atoms with van der Waals surface area (Å²) in [6.07, 6.45) is 6.23. The number of hydrogen-bond acceptors (Lipinski definition) is 2. The topological polar surface area (TPSA) is 46.2 Å². The van der Waals surface area contributed by atoms with Gasteiger partial charge in [-0.1, -0.05) is 39.2 Å². The molecule has 1 fully saturated rings. The molecule has 1 rings (SSSR count). The van der Waals surface area contributed by atoms with Crippen LogP contribution in [0.4, 0.5) is 8.78 Å². The maximum Gasteiger partial charge on any atom is 0.248 e. The lowest BCUT2D eigenvalue weighted by atomic mass is 9.87. The summed E-state index contributed by atoms with van der Waals surface area (Å²) in [7, 11) is -3.51. The van der Waals surface area contributed by atoms with E-state index in [-0.39, 0.29) is 30.2 Å². The van der Waals surface area contributed by atoms with E-state index < -0.39 is 15.9 Å². The zero-order chi connectivity index (χ0) is 16.6. The molecule has 22 heavy (non-hydrogen) atoms. The van der Waals surface area contributed by atoms with Crippen molar-refractivity contribution in [2.24, 2.45) is 5.92 Å². The lowest BCUT2D eigenvalue weighted by molar-refractivity contribution is -0.0450. The fraction of sp³-hybridized carbons (Fsp3) is 0.875. The van der Waals surface area contributed by atoms with E-state index in [4.69, 9.17) is 0 Å². The van der Waals surface area contributed by atoms with Gasteiger partial charge < -0.3 is 0 Å². The van der Waals surface area contributed by atoms with Crippen LogP contribution in [0, 0.1) is 5.92 Å². The molecule has 1 N–H and O–H groups in total. The van der Waals surface area contributed by atoms with Gasteiger partial charge in [0, 0.05) is 19.4 Å². The van der Waals surface area contributed by atoms with Crippen LogP contribution in [-0.4, -0.2) is 20.9 Å². The summed E-state index contributed by atoms with van der Waals surface area (Å²) in [6.45, 7) is 6.04. The monoisotopic (exact) mass is 337 g/mol. The highest BCUT2D eigenvalue weighted by Gasteiger charge is 2.35. The molecule has 0 radical (unpaired) electrons.